The third-order valence-electron chi connectivity index (χ3n) is 3.60. The van der Waals surface area contributed by atoms with Gasteiger partial charge in [-0.15, -0.1) is 0 Å². The van der Waals surface area contributed by atoms with Crippen molar-refractivity contribution in [3.05, 3.63) is 0 Å². The molecule has 0 amide bonds. The zero-order valence-corrected chi connectivity index (χ0v) is 10.6. The van der Waals surface area contributed by atoms with Crippen LogP contribution in [0.4, 0.5) is 0 Å². The number of carbonyl (C=O) groups is 1. The van der Waals surface area contributed by atoms with E-state index in [0.717, 1.165) is 24.9 Å². The van der Waals surface area contributed by atoms with E-state index in [-0.39, 0.29) is 5.92 Å². The third-order valence-corrected chi connectivity index (χ3v) is 3.60. The fourth-order valence-electron chi connectivity index (χ4n) is 2.18. The van der Waals surface area contributed by atoms with Gasteiger partial charge in [-0.3, -0.25) is 9.69 Å². The van der Waals surface area contributed by atoms with Gasteiger partial charge in [-0.2, -0.15) is 0 Å². The van der Waals surface area contributed by atoms with Crippen molar-refractivity contribution in [2.75, 3.05) is 19.6 Å². The van der Waals surface area contributed by atoms with Gasteiger partial charge in [0.25, 0.3) is 0 Å². The molecule has 0 bridgehead atoms. The first kappa shape index (κ1) is 12.7. The average Bonchev–Trinajstić information content (AvgIpc) is 2.18. The molecule has 2 heteroatoms. The summed E-state index contributed by atoms with van der Waals surface area (Å²) in [4.78, 5) is 13.9. The Morgan fingerprint density at radius 2 is 1.73 bits per heavy atom. The molecule has 0 N–H and O–H groups in total. The number of ketones is 1. The first-order chi connectivity index (χ1) is 7.00. The van der Waals surface area contributed by atoms with Crippen LogP contribution >= 0.6 is 0 Å². The second kappa shape index (κ2) is 5.64. The van der Waals surface area contributed by atoms with E-state index >= 15 is 0 Å². The summed E-state index contributed by atoms with van der Waals surface area (Å²) in [5.74, 6) is 2.24. The molecule has 1 aliphatic rings. The Labute approximate surface area is 94.0 Å². The van der Waals surface area contributed by atoms with Gasteiger partial charge >= 0.3 is 0 Å². The van der Waals surface area contributed by atoms with Gasteiger partial charge in [0.1, 0.15) is 5.78 Å². The minimum absolute atomic E-state index is 0.188. The van der Waals surface area contributed by atoms with Crippen molar-refractivity contribution in [1.82, 2.24) is 4.90 Å². The largest absolute Gasteiger partial charge is 0.298 e. The van der Waals surface area contributed by atoms with Crippen LogP contribution in [-0.2, 0) is 4.79 Å². The molecule has 0 atom stereocenters. The minimum atomic E-state index is 0.188. The van der Waals surface area contributed by atoms with Gasteiger partial charge in [0.05, 0.1) is 6.54 Å². The molecular formula is C13H25NO. The fourth-order valence-corrected chi connectivity index (χ4v) is 2.18. The quantitative estimate of drug-likeness (QED) is 0.712. The molecule has 0 aromatic heterocycles. The summed E-state index contributed by atoms with van der Waals surface area (Å²) in [7, 11) is 0. The van der Waals surface area contributed by atoms with Gasteiger partial charge < -0.3 is 0 Å². The van der Waals surface area contributed by atoms with Gasteiger partial charge in [-0.05, 0) is 37.8 Å². The number of nitrogens with zero attached hydrogens (tertiary/aromatic N) is 1. The van der Waals surface area contributed by atoms with Crippen LogP contribution in [0.2, 0.25) is 0 Å². The van der Waals surface area contributed by atoms with Crippen molar-refractivity contribution in [3.63, 3.8) is 0 Å². The number of rotatable bonds is 4. The van der Waals surface area contributed by atoms with Crippen LogP contribution in [0, 0.1) is 17.8 Å². The number of likely N-dealkylation sites (tertiary alicyclic amines) is 1. The minimum Gasteiger partial charge on any atom is -0.298 e. The van der Waals surface area contributed by atoms with Crippen molar-refractivity contribution in [2.45, 2.75) is 40.5 Å². The molecule has 1 aliphatic heterocycles. The Kier molecular flexibility index (Phi) is 4.78. The number of hydrogen-bond acceptors (Lipinski definition) is 2. The summed E-state index contributed by atoms with van der Waals surface area (Å²) in [6, 6.07) is 0. The first-order valence-electron chi connectivity index (χ1n) is 6.25. The molecule has 1 fully saturated rings. The Bertz CT molecular complexity index is 203. The van der Waals surface area contributed by atoms with Crippen LogP contribution in [0.15, 0.2) is 0 Å². The van der Waals surface area contributed by atoms with Crippen LogP contribution in [-0.4, -0.2) is 30.3 Å². The van der Waals surface area contributed by atoms with Crippen LogP contribution in [0.3, 0.4) is 0 Å². The van der Waals surface area contributed by atoms with Gasteiger partial charge in [-0.1, -0.05) is 27.7 Å². The van der Waals surface area contributed by atoms with E-state index in [1.165, 1.54) is 12.8 Å². The Hall–Kier alpha value is -0.370. The molecule has 2 nitrogen and oxygen atoms in total. The van der Waals surface area contributed by atoms with Crippen molar-refractivity contribution in [1.29, 1.82) is 0 Å². The van der Waals surface area contributed by atoms with Crippen LogP contribution in [0.25, 0.3) is 0 Å². The Morgan fingerprint density at radius 3 is 2.13 bits per heavy atom. The van der Waals surface area contributed by atoms with Crippen molar-refractivity contribution in [2.24, 2.45) is 17.8 Å². The standard InChI is InChI=1S/C13H25NO/c1-10(2)12-5-7-14(8-6-12)9-13(15)11(3)4/h10-12H,5-9H2,1-4H3. The average molecular weight is 211 g/mol. The monoisotopic (exact) mass is 211 g/mol. The summed E-state index contributed by atoms with van der Waals surface area (Å²) >= 11 is 0. The lowest BCUT2D eigenvalue weighted by molar-refractivity contribution is -0.123. The van der Waals surface area contributed by atoms with Crippen LogP contribution in [0.1, 0.15) is 40.5 Å². The smallest absolute Gasteiger partial charge is 0.149 e. The van der Waals surface area contributed by atoms with E-state index in [4.69, 9.17) is 0 Å². The van der Waals surface area contributed by atoms with E-state index in [1.54, 1.807) is 0 Å². The maximum Gasteiger partial charge on any atom is 0.149 e. The summed E-state index contributed by atoms with van der Waals surface area (Å²) in [5, 5.41) is 0. The lowest BCUT2D eigenvalue weighted by Gasteiger charge is -2.33. The molecule has 0 aliphatic carbocycles. The Morgan fingerprint density at radius 1 is 1.20 bits per heavy atom. The normalized spacial score (nSPS) is 20.1. The van der Waals surface area contributed by atoms with Crippen molar-refractivity contribution >= 4 is 5.78 Å². The van der Waals surface area contributed by atoms with Gasteiger partial charge in [0.2, 0.25) is 0 Å². The molecule has 15 heavy (non-hydrogen) atoms. The highest BCUT2D eigenvalue weighted by Crippen LogP contribution is 2.24. The maximum atomic E-state index is 11.6. The molecule has 0 spiro atoms. The Balaban J connectivity index is 2.29. The molecule has 1 rings (SSSR count). The van der Waals surface area contributed by atoms with E-state index in [1.807, 2.05) is 13.8 Å². The molecule has 1 heterocycles. The van der Waals surface area contributed by atoms with E-state index in [0.29, 0.717) is 12.3 Å². The third kappa shape index (κ3) is 3.94. The summed E-state index contributed by atoms with van der Waals surface area (Å²) in [6.45, 7) is 11.5. The summed E-state index contributed by atoms with van der Waals surface area (Å²) in [6.07, 6.45) is 2.53. The zero-order valence-electron chi connectivity index (χ0n) is 10.6. The first-order valence-corrected chi connectivity index (χ1v) is 6.25. The number of Topliss-reactive ketones (excluding diaryl/α,β-unsaturated/α-hetero) is 1. The van der Waals surface area contributed by atoms with Crippen molar-refractivity contribution in [3.8, 4) is 0 Å². The van der Waals surface area contributed by atoms with E-state index < -0.39 is 0 Å². The lowest BCUT2D eigenvalue weighted by Crippen LogP contribution is -2.39. The molecule has 0 radical (unpaired) electrons. The topological polar surface area (TPSA) is 20.3 Å². The van der Waals surface area contributed by atoms with Crippen molar-refractivity contribution < 1.29 is 4.79 Å². The molecule has 88 valence electrons. The van der Waals surface area contributed by atoms with Crippen LogP contribution < -0.4 is 0 Å². The van der Waals surface area contributed by atoms with Gasteiger partial charge in [0, 0.05) is 5.92 Å². The molecule has 0 aromatic carbocycles. The zero-order chi connectivity index (χ0) is 11.4. The predicted octanol–water partition coefficient (Wildman–Crippen LogP) is 2.58. The molecular weight excluding hydrogens is 186 g/mol. The predicted molar refractivity (Wildman–Crippen MR) is 63.8 cm³/mol. The molecule has 0 saturated carbocycles. The number of hydrogen-bond donors (Lipinski definition) is 0. The highest BCUT2D eigenvalue weighted by atomic mass is 16.1. The highest BCUT2D eigenvalue weighted by Gasteiger charge is 2.23. The lowest BCUT2D eigenvalue weighted by atomic mass is 9.86. The summed E-state index contributed by atoms with van der Waals surface area (Å²) < 4.78 is 0. The SMILES string of the molecule is CC(C)C(=O)CN1CCC(C(C)C)CC1. The number of carbonyl (C=O) groups excluding carboxylic acids is 1. The second-order valence-electron chi connectivity index (χ2n) is 5.48. The van der Waals surface area contributed by atoms with E-state index in [2.05, 4.69) is 18.7 Å². The molecule has 1 saturated heterocycles. The summed E-state index contributed by atoms with van der Waals surface area (Å²) in [5.41, 5.74) is 0. The second-order valence-corrected chi connectivity index (χ2v) is 5.48. The fraction of sp³-hybridized carbons (Fsp3) is 0.923. The molecule has 0 unspecified atom stereocenters. The van der Waals surface area contributed by atoms with E-state index in [9.17, 15) is 4.79 Å². The highest BCUT2D eigenvalue weighted by molar-refractivity contribution is 5.82. The maximum absolute atomic E-state index is 11.6. The molecule has 0 aromatic rings. The van der Waals surface area contributed by atoms with Gasteiger partial charge in [-0.25, -0.2) is 0 Å². The van der Waals surface area contributed by atoms with Crippen LogP contribution in [0.5, 0.6) is 0 Å². The van der Waals surface area contributed by atoms with Gasteiger partial charge in [0.15, 0.2) is 0 Å². The number of piperidine rings is 1.